The topological polar surface area (TPSA) is 48.6 Å². The minimum absolute atomic E-state index is 0.158. The number of likely N-dealkylation sites (tertiary alicyclic amines) is 1. The first-order valence-corrected chi connectivity index (χ1v) is 12.0. The van der Waals surface area contributed by atoms with Crippen LogP contribution in [0.4, 0.5) is 4.79 Å². The summed E-state index contributed by atoms with van der Waals surface area (Å²) in [7, 11) is 0. The molecule has 1 saturated heterocycles. The number of aromatic amines is 1. The molecule has 2 aromatic carbocycles. The van der Waals surface area contributed by atoms with Crippen molar-refractivity contribution in [3.63, 3.8) is 0 Å². The van der Waals surface area contributed by atoms with Gasteiger partial charge in [-0.1, -0.05) is 31.9 Å². The summed E-state index contributed by atoms with van der Waals surface area (Å²) in [6.45, 7) is 7.86. The Labute approximate surface area is 190 Å². The van der Waals surface area contributed by atoms with Crippen molar-refractivity contribution in [3.05, 3.63) is 53.7 Å². The van der Waals surface area contributed by atoms with E-state index in [0.717, 1.165) is 54.2 Å². The van der Waals surface area contributed by atoms with Crippen LogP contribution in [0, 0.1) is 12.8 Å². The molecule has 5 rings (SSSR count). The summed E-state index contributed by atoms with van der Waals surface area (Å²) in [4.78, 5) is 20.7. The number of hydrogen-bond donors (Lipinski definition) is 1. The van der Waals surface area contributed by atoms with Crippen LogP contribution in [0.3, 0.4) is 0 Å². The Balaban J connectivity index is 1.34. The molecule has 2 aliphatic rings. The number of carbonyl (C=O) groups excluding carboxylic acids is 1. The van der Waals surface area contributed by atoms with Gasteiger partial charge in [-0.2, -0.15) is 0 Å². The molecule has 5 heteroatoms. The number of piperidine rings is 1. The van der Waals surface area contributed by atoms with Gasteiger partial charge in [0.1, 0.15) is 12.4 Å². The van der Waals surface area contributed by atoms with Crippen molar-refractivity contribution < 1.29 is 9.53 Å². The van der Waals surface area contributed by atoms with Gasteiger partial charge in [-0.25, -0.2) is 4.79 Å². The van der Waals surface area contributed by atoms with E-state index in [2.05, 4.69) is 61.3 Å². The van der Waals surface area contributed by atoms with Crippen LogP contribution in [0.15, 0.2) is 42.5 Å². The van der Waals surface area contributed by atoms with E-state index < -0.39 is 0 Å². The molecular weight excluding hydrogens is 398 g/mol. The maximum absolute atomic E-state index is 13.3. The average molecular weight is 432 g/mol. The van der Waals surface area contributed by atoms with Crippen LogP contribution in [0.1, 0.15) is 43.9 Å². The molecule has 0 bridgehead atoms. The van der Waals surface area contributed by atoms with Crippen LogP contribution in [0.25, 0.3) is 22.0 Å². The number of aromatic nitrogens is 1. The predicted molar refractivity (Wildman–Crippen MR) is 129 cm³/mol. The van der Waals surface area contributed by atoms with Gasteiger partial charge >= 0.3 is 6.03 Å². The smallest absolute Gasteiger partial charge is 0.320 e. The summed E-state index contributed by atoms with van der Waals surface area (Å²) in [5, 5.41) is 1.22. The van der Waals surface area contributed by atoms with E-state index in [4.69, 9.17) is 4.74 Å². The number of hydrogen-bond acceptors (Lipinski definition) is 2. The number of nitrogens with zero attached hydrogens (tertiary/aromatic N) is 2. The summed E-state index contributed by atoms with van der Waals surface area (Å²) in [6.07, 6.45) is 4.78. The standard InChI is InChI=1S/C27H33N3O2/c1-3-4-20-9-11-29(12-10-20)27(31)30-13-14-32-26-8-6-22(17-24(26)18-30)21-5-7-25-23(16-21)15-19(2)28-25/h5-8,15-17,20,28H,3-4,9-14,18H2,1-2H3. The van der Waals surface area contributed by atoms with E-state index >= 15 is 0 Å². The maximum atomic E-state index is 13.3. The fraction of sp³-hybridized carbons (Fsp3) is 0.444. The molecule has 1 aromatic heterocycles. The van der Waals surface area contributed by atoms with Crippen LogP contribution < -0.4 is 4.74 Å². The summed E-state index contributed by atoms with van der Waals surface area (Å²) in [5.74, 6) is 1.67. The van der Waals surface area contributed by atoms with Crippen molar-refractivity contribution in [3.8, 4) is 16.9 Å². The molecule has 0 spiro atoms. The zero-order valence-corrected chi connectivity index (χ0v) is 19.2. The predicted octanol–water partition coefficient (Wildman–Crippen LogP) is 5.97. The summed E-state index contributed by atoms with van der Waals surface area (Å²) in [6, 6.07) is 15.2. The van der Waals surface area contributed by atoms with E-state index in [1.807, 2.05) is 9.80 Å². The van der Waals surface area contributed by atoms with Gasteiger partial charge in [0.2, 0.25) is 0 Å². The molecule has 5 nitrogen and oxygen atoms in total. The third-order valence-electron chi connectivity index (χ3n) is 6.98. The molecule has 168 valence electrons. The minimum Gasteiger partial charge on any atom is -0.491 e. The summed E-state index contributed by atoms with van der Waals surface area (Å²) in [5.41, 5.74) is 5.74. The summed E-state index contributed by atoms with van der Waals surface area (Å²) < 4.78 is 6.01. The highest BCUT2D eigenvalue weighted by Crippen LogP contribution is 2.32. The third-order valence-corrected chi connectivity index (χ3v) is 6.98. The maximum Gasteiger partial charge on any atom is 0.320 e. The number of benzene rings is 2. The number of carbonyl (C=O) groups is 1. The second kappa shape index (κ2) is 8.89. The van der Waals surface area contributed by atoms with E-state index in [-0.39, 0.29) is 6.03 Å². The lowest BCUT2D eigenvalue weighted by molar-refractivity contribution is 0.125. The monoisotopic (exact) mass is 431 g/mol. The zero-order valence-electron chi connectivity index (χ0n) is 19.2. The van der Waals surface area contributed by atoms with E-state index in [1.165, 1.54) is 29.5 Å². The van der Waals surface area contributed by atoms with Crippen LogP contribution >= 0.6 is 0 Å². The van der Waals surface area contributed by atoms with Crippen LogP contribution in [0.5, 0.6) is 5.75 Å². The molecule has 32 heavy (non-hydrogen) atoms. The van der Waals surface area contributed by atoms with Crippen molar-refractivity contribution >= 4 is 16.9 Å². The first-order chi connectivity index (χ1) is 15.6. The number of rotatable bonds is 3. The lowest BCUT2D eigenvalue weighted by atomic mass is 9.93. The quantitative estimate of drug-likeness (QED) is 0.555. The second-order valence-corrected chi connectivity index (χ2v) is 9.35. The van der Waals surface area contributed by atoms with E-state index in [0.29, 0.717) is 19.7 Å². The molecular formula is C27H33N3O2. The minimum atomic E-state index is 0.158. The molecule has 1 fully saturated rings. The fourth-order valence-electron chi connectivity index (χ4n) is 5.22. The Hall–Kier alpha value is -2.95. The highest BCUT2D eigenvalue weighted by molar-refractivity contribution is 5.86. The van der Waals surface area contributed by atoms with Gasteiger partial charge in [0, 0.05) is 35.2 Å². The molecule has 0 radical (unpaired) electrons. The third kappa shape index (κ3) is 4.21. The van der Waals surface area contributed by atoms with E-state index in [1.54, 1.807) is 0 Å². The number of ether oxygens (including phenoxy) is 1. The highest BCUT2D eigenvalue weighted by Gasteiger charge is 2.28. The van der Waals surface area contributed by atoms with Crippen molar-refractivity contribution in [2.75, 3.05) is 26.2 Å². The van der Waals surface area contributed by atoms with Crippen LogP contribution in [-0.4, -0.2) is 47.1 Å². The van der Waals surface area contributed by atoms with Gasteiger partial charge in [-0.15, -0.1) is 0 Å². The Morgan fingerprint density at radius 1 is 1.03 bits per heavy atom. The van der Waals surface area contributed by atoms with E-state index in [9.17, 15) is 4.79 Å². The molecule has 3 aromatic rings. The van der Waals surface area contributed by atoms with Gasteiger partial charge in [0.05, 0.1) is 13.1 Å². The Kier molecular flexibility index (Phi) is 5.81. The molecule has 0 saturated carbocycles. The van der Waals surface area contributed by atoms with Gasteiger partial charge in [-0.05, 0) is 67.1 Å². The number of nitrogens with one attached hydrogen (secondary N) is 1. The molecule has 0 atom stereocenters. The van der Waals surface area contributed by atoms with Gasteiger partial charge in [-0.3, -0.25) is 0 Å². The first kappa shape index (κ1) is 20.9. The fourth-order valence-corrected chi connectivity index (χ4v) is 5.22. The molecule has 0 aliphatic carbocycles. The average Bonchev–Trinajstić information content (AvgIpc) is 3.05. The number of H-pyrrole nitrogens is 1. The number of fused-ring (bicyclic) bond motifs is 2. The SMILES string of the molecule is CCCC1CCN(C(=O)N2CCOc3ccc(-c4ccc5[nH]c(C)cc5c4)cc3C2)CC1. The molecule has 2 aliphatic heterocycles. The lowest BCUT2D eigenvalue weighted by Gasteiger charge is -2.35. The largest absolute Gasteiger partial charge is 0.491 e. The van der Waals surface area contributed by atoms with Crippen molar-refractivity contribution in [2.45, 2.75) is 46.1 Å². The second-order valence-electron chi connectivity index (χ2n) is 9.35. The number of urea groups is 1. The number of amides is 2. The van der Waals surface area contributed by atoms with Crippen molar-refractivity contribution in [2.24, 2.45) is 5.92 Å². The van der Waals surface area contributed by atoms with Crippen molar-refractivity contribution in [1.29, 1.82) is 0 Å². The first-order valence-electron chi connectivity index (χ1n) is 12.0. The number of aryl methyl sites for hydroxylation is 1. The molecule has 1 N–H and O–H groups in total. The van der Waals surface area contributed by atoms with Gasteiger partial charge in [0.25, 0.3) is 0 Å². The van der Waals surface area contributed by atoms with Crippen molar-refractivity contribution in [1.82, 2.24) is 14.8 Å². The van der Waals surface area contributed by atoms with Crippen LogP contribution in [0.2, 0.25) is 0 Å². The molecule has 2 amide bonds. The van der Waals surface area contributed by atoms with Gasteiger partial charge in [0.15, 0.2) is 0 Å². The molecule has 3 heterocycles. The summed E-state index contributed by atoms with van der Waals surface area (Å²) >= 11 is 0. The molecule has 0 unspecified atom stereocenters. The Bertz CT molecular complexity index is 1110. The normalized spacial score (nSPS) is 17.2. The van der Waals surface area contributed by atoms with Gasteiger partial charge < -0.3 is 19.5 Å². The Morgan fingerprint density at radius 2 is 1.81 bits per heavy atom. The highest BCUT2D eigenvalue weighted by atomic mass is 16.5. The lowest BCUT2D eigenvalue weighted by Crippen LogP contribution is -2.47. The van der Waals surface area contributed by atoms with Crippen LogP contribution in [-0.2, 0) is 6.54 Å². The Morgan fingerprint density at radius 3 is 2.62 bits per heavy atom. The zero-order chi connectivity index (χ0) is 22.1.